The summed E-state index contributed by atoms with van der Waals surface area (Å²) in [7, 11) is 0. The van der Waals surface area contributed by atoms with E-state index in [-0.39, 0.29) is 16.9 Å². The highest BCUT2D eigenvalue weighted by Gasteiger charge is 2.12. The van der Waals surface area contributed by atoms with Crippen LogP contribution in [-0.2, 0) is 48.1 Å². The van der Waals surface area contributed by atoms with E-state index in [2.05, 4.69) is 141 Å². The van der Waals surface area contributed by atoms with Crippen LogP contribution in [0.3, 0.4) is 0 Å². The molecule has 6 rings (SSSR count). The van der Waals surface area contributed by atoms with E-state index >= 15 is 0 Å². The van der Waals surface area contributed by atoms with Gasteiger partial charge in [-0.05, 0) is 169 Å². The number of hydrogen-bond donors (Lipinski definition) is 2. The van der Waals surface area contributed by atoms with E-state index in [0.29, 0.717) is 17.2 Å². The van der Waals surface area contributed by atoms with Crippen LogP contribution in [0, 0.1) is 47.4 Å². The maximum Gasteiger partial charge on any atom is 0.256 e. The Bertz CT molecular complexity index is 3100. The Kier molecular flexibility index (Phi) is 17.2. The lowest BCUT2D eigenvalue weighted by Gasteiger charge is -2.10. The summed E-state index contributed by atoms with van der Waals surface area (Å²) in [5, 5.41) is 5.47. The summed E-state index contributed by atoms with van der Waals surface area (Å²) >= 11 is 1.23. The molecule has 0 saturated carbocycles. The second kappa shape index (κ2) is 23.6. The van der Waals surface area contributed by atoms with Crippen molar-refractivity contribution in [2.75, 3.05) is 10.6 Å². The van der Waals surface area contributed by atoms with Crippen LogP contribution >= 0.6 is 11.8 Å². The van der Waals surface area contributed by atoms with Crippen molar-refractivity contribution >= 4 is 40.3 Å². The van der Waals surface area contributed by atoms with Crippen molar-refractivity contribution in [3.63, 3.8) is 0 Å². The van der Waals surface area contributed by atoms with Gasteiger partial charge in [-0.25, -0.2) is 4.98 Å². The van der Waals surface area contributed by atoms with Gasteiger partial charge in [-0.1, -0.05) is 107 Å². The number of hydrogen-bond acceptors (Lipinski definition) is 5. The van der Waals surface area contributed by atoms with Crippen molar-refractivity contribution in [1.29, 1.82) is 0 Å². The molecule has 0 fully saturated rings. The summed E-state index contributed by atoms with van der Waals surface area (Å²) in [6.07, 6.45) is 4.98. The lowest BCUT2D eigenvalue weighted by atomic mass is 9.93. The normalized spacial score (nSPS) is 10.2. The summed E-state index contributed by atoms with van der Waals surface area (Å²) in [5.41, 5.74) is 15.2. The molecule has 6 aromatic rings. The first-order valence-electron chi connectivity index (χ1n) is 22.9. The lowest BCUT2D eigenvalue weighted by Crippen LogP contribution is -2.14. The summed E-state index contributed by atoms with van der Waals surface area (Å²) in [6.45, 7) is 15.9. The second-order valence-corrected chi connectivity index (χ2v) is 17.1. The fraction of sp³-hybridized carbons (Fsp3) is 0.233. The van der Waals surface area contributed by atoms with Gasteiger partial charge in [0.05, 0.1) is 0 Å². The van der Waals surface area contributed by atoms with Gasteiger partial charge in [0.15, 0.2) is 5.12 Å². The molecule has 0 aliphatic rings. The largest absolute Gasteiger partial charge is 0.311 e. The van der Waals surface area contributed by atoms with Gasteiger partial charge >= 0.3 is 0 Å². The number of rotatable bonds is 10. The summed E-state index contributed by atoms with van der Waals surface area (Å²) in [5.74, 6) is 27.8. The van der Waals surface area contributed by atoms with Crippen LogP contribution in [0.25, 0.3) is 0 Å². The van der Waals surface area contributed by atoms with E-state index in [1.807, 2.05) is 36.4 Å². The average molecular weight is 898 g/mol. The number of aryl methyl sites for hydroxylation is 6. The monoisotopic (exact) mass is 897 g/mol. The first kappa shape index (κ1) is 48.9. The molecule has 0 unspecified atom stereocenters. The van der Waals surface area contributed by atoms with Crippen LogP contribution in [-0.4, -0.2) is 21.9 Å². The fourth-order valence-electron chi connectivity index (χ4n) is 7.49. The van der Waals surface area contributed by atoms with Gasteiger partial charge in [0, 0.05) is 68.8 Å². The van der Waals surface area contributed by atoms with Gasteiger partial charge in [-0.15, -0.1) is 0 Å². The molecule has 0 atom stereocenters. The Hall–Kier alpha value is -7.55. The van der Waals surface area contributed by atoms with Gasteiger partial charge in [0.2, 0.25) is 5.91 Å². The maximum absolute atomic E-state index is 12.9. The number of anilines is 2. The Morgan fingerprint density at radius 1 is 0.448 bits per heavy atom. The number of carbonyl (C=O) groups excluding carboxylic acids is 3. The predicted octanol–water partition coefficient (Wildman–Crippen LogP) is 11.9. The van der Waals surface area contributed by atoms with Crippen molar-refractivity contribution < 1.29 is 14.4 Å². The van der Waals surface area contributed by atoms with Crippen molar-refractivity contribution in [1.82, 2.24) is 4.98 Å². The van der Waals surface area contributed by atoms with E-state index in [0.717, 1.165) is 99.1 Å². The zero-order valence-electron chi connectivity index (χ0n) is 39.6. The van der Waals surface area contributed by atoms with Crippen LogP contribution in [0.4, 0.5) is 11.6 Å². The number of nitrogens with zero attached hydrogens (tertiary/aromatic N) is 1. The van der Waals surface area contributed by atoms with Crippen LogP contribution in [0.1, 0.15) is 144 Å². The molecule has 1 aromatic heterocycles. The number of nitrogens with one attached hydrogen (secondary N) is 2. The van der Waals surface area contributed by atoms with Crippen LogP contribution in [0.15, 0.2) is 108 Å². The number of benzene rings is 5. The minimum atomic E-state index is -0.310. The number of amides is 2. The van der Waals surface area contributed by atoms with Crippen LogP contribution < -0.4 is 10.6 Å². The SMILES string of the molecule is CCc1cc(C#Cc2cc(CC)c(C#Cc3cc(CC)c(C#Cc4ccc(C(=O)Nc5cccc(NC(C)=O)n5)cc4)cc3CC)cc2CC)c(CC)cc1C#Cc1ccc(SC(C)=O)cc1. The molecule has 7 heteroatoms. The smallest absolute Gasteiger partial charge is 0.256 e. The average Bonchev–Trinajstić information content (AvgIpc) is 3.33. The molecule has 2 amide bonds. The van der Waals surface area contributed by atoms with E-state index < -0.39 is 0 Å². The molecule has 0 radical (unpaired) electrons. The van der Waals surface area contributed by atoms with E-state index in [4.69, 9.17) is 0 Å². The maximum atomic E-state index is 12.9. The molecule has 5 aromatic carbocycles. The molecular weight excluding hydrogens is 843 g/mol. The highest BCUT2D eigenvalue weighted by molar-refractivity contribution is 8.13. The Morgan fingerprint density at radius 3 is 1.10 bits per heavy atom. The van der Waals surface area contributed by atoms with Crippen molar-refractivity contribution in [3.8, 4) is 47.4 Å². The zero-order chi connectivity index (χ0) is 47.9. The summed E-state index contributed by atoms with van der Waals surface area (Å²) in [4.78, 5) is 41.0. The number of pyridine rings is 1. The zero-order valence-corrected chi connectivity index (χ0v) is 40.5. The third kappa shape index (κ3) is 13.3. The topological polar surface area (TPSA) is 88.2 Å². The molecule has 67 heavy (non-hydrogen) atoms. The number of carbonyl (C=O) groups is 3. The van der Waals surface area contributed by atoms with Crippen molar-refractivity contribution in [3.05, 3.63) is 187 Å². The molecule has 2 N–H and O–H groups in total. The number of aromatic nitrogens is 1. The standard InChI is InChI=1S/C60H55N3O3S/c1-9-44-36-53(46(11-3)34-51(44)26-20-42-18-24-50(25-19-42)60(66)63-59-17-15-16-58(62-59)61-40(7)64)28-30-55-38-49(14-6)56(39-48(55)13-5)31-29-54-37-45(10-2)52(35-47(54)12-4)27-21-43-22-32-57(33-23-43)67-41(8)65/h15-19,22-25,32-39H,9-14H2,1-8H3,(H2,61,62,63,64,66). The van der Waals surface area contributed by atoms with Gasteiger partial charge in [0.1, 0.15) is 11.6 Å². The highest BCUT2D eigenvalue weighted by atomic mass is 32.2. The van der Waals surface area contributed by atoms with Gasteiger partial charge in [0.25, 0.3) is 5.91 Å². The molecular formula is C60H55N3O3S. The van der Waals surface area contributed by atoms with E-state index in [1.165, 1.54) is 40.9 Å². The highest BCUT2D eigenvalue weighted by Crippen LogP contribution is 2.24. The van der Waals surface area contributed by atoms with E-state index in [1.54, 1.807) is 37.3 Å². The molecule has 0 aliphatic carbocycles. The number of thioether (sulfide) groups is 1. The fourth-order valence-corrected chi connectivity index (χ4v) is 8.09. The predicted molar refractivity (Wildman–Crippen MR) is 275 cm³/mol. The third-order valence-corrected chi connectivity index (χ3v) is 12.0. The Balaban J connectivity index is 1.21. The first-order chi connectivity index (χ1) is 32.4. The molecule has 0 saturated heterocycles. The molecule has 0 bridgehead atoms. The molecule has 1 heterocycles. The van der Waals surface area contributed by atoms with Gasteiger partial charge < -0.3 is 10.6 Å². The lowest BCUT2D eigenvalue weighted by molar-refractivity contribution is -0.114. The molecule has 0 aliphatic heterocycles. The van der Waals surface area contributed by atoms with Crippen LogP contribution in [0.5, 0.6) is 0 Å². The first-order valence-corrected chi connectivity index (χ1v) is 23.7. The minimum absolute atomic E-state index is 0.0666. The van der Waals surface area contributed by atoms with Gasteiger partial charge in [-0.2, -0.15) is 0 Å². The molecule has 6 nitrogen and oxygen atoms in total. The Morgan fingerprint density at radius 2 is 0.776 bits per heavy atom. The van der Waals surface area contributed by atoms with E-state index in [9.17, 15) is 14.4 Å². The Labute approximate surface area is 401 Å². The quantitative estimate of drug-likeness (QED) is 0.106. The minimum Gasteiger partial charge on any atom is -0.311 e. The molecule has 0 spiro atoms. The third-order valence-electron chi connectivity index (χ3n) is 11.2. The van der Waals surface area contributed by atoms with Crippen molar-refractivity contribution in [2.45, 2.75) is 98.8 Å². The summed E-state index contributed by atoms with van der Waals surface area (Å²) < 4.78 is 0. The van der Waals surface area contributed by atoms with Crippen LogP contribution in [0.2, 0.25) is 0 Å². The second-order valence-electron chi connectivity index (χ2n) is 15.9. The van der Waals surface area contributed by atoms with Gasteiger partial charge in [-0.3, -0.25) is 14.4 Å². The summed E-state index contributed by atoms with van der Waals surface area (Å²) in [6, 6.07) is 33.2. The van der Waals surface area contributed by atoms with Crippen molar-refractivity contribution in [2.24, 2.45) is 0 Å². The molecule has 334 valence electrons.